The second-order valence-corrected chi connectivity index (χ2v) is 37.2. The van der Waals surface area contributed by atoms with Gasteiger partial charge in [-0.25, -0.2) is 49.8 Å². The van der Waals surface area contributed by atoms with Crippen LogP contribution in [-0.4, -0.2) is 63.5 Å². The Morgan fingerprint density at radius 1 is 0.147 bits per heavy atom. The SMILES string of the molecule is c1ccc(-c2nc(-c3ccccc3)nc(-c3ccc(-n4c5ccccc5c5ccc(-c6cccc7c6oc6ccccc67)cc54)cc3)n2)cc1.c1ccc(-c2nc(-c3ccccc3)nc(-c3ccc(-n4c5ccccc5c5ccc(-c6cccc7c6oc6ccccc67)cc54)nc3)n2)cc1.c1ccc(-c2nc(-c3ccccc3)nc(-c3cccc(-n4c5ccccc5c5ccc(-c6cccc7c6oc6ccccc67)cc54)c3)n2)cc1. The smallest absolute Gasteiger partial charge is 0.165 e. The molecule has 0 saturated heterocycles. The predicted molar refractivity (Wildman–Crippen MR) is 607 cm³/mol. The molecule has 0 spiro atoms. The first-order valence-electron chi connectivity index (χ1n) is 50.0. The van der Waals surface area contributed by atoms with E-state index in [1.807, 2.05) is 237 Å². The summed E-state index contributed by atoms with van der Waals surface area (Å²) in [7, 11) is 0. The molecule has 702 valence electrons. The lowest BCUT2D eigenvalue weighted by Crippen LogP contribution is -2.01. The molecule has 0 fully saturated rings. The highest BCUT2D eigenvalue weighted by Gasteiger charge is 2.26. The standard InChI is InChI=1S/2C45H28N4O.C44H27N5O/c1-3-13-29(14-4-1)43-46-44(30-15-5-2-6-16-30)48-45(47-43)32-17-11-18-33(27-32)49-39-23-9-7-19-35(39)36-26-25-31(28-40(36)49)34-21-12-22-38-37-20-8-10-24-41(37)50-42(34)38;1-3-12-29(13-4-1)43-46-44(30-14-5-2-6-15-30)48-45(47-43)31-22-25-33(26-23-31)49-39-20-9-7-16-35(39)36-27-24-32(28-40(36)49)34-18-11-19-38-37-17-8-10-21-41(37)50-42(34)38;1-3-12-28(13-4-1)42-46-43(29-14-5-2-6-15-29)48-44(47-42)31-23-25-40(45-27-31)49-37-20-9-7-16-33(37)34-24-22-30(26-38(34)49)32-18-11-19-36-35-17-8-10-21-39(35)50-41(32)36/h2*1-28H;1-27H. The summed E-state index contributed by atoms with van der Waals surface area (Å²) in [6, 6.07) is 171. The zero-order valence-corrected chi connectivity index (χ0v) is 80.5. The highest BCUT2D eigenvalue weighted by atomic mass is 16.3. The highest BCUT2D eigenvalue weighted by Crippen LogP contribution is 2.46. The molecule has 10 heterocycles. The van der Waals surface area contributed by atoms with E-state index in [0.717, 1.165) is 205 Å². The van der Waals surface area contributed by atoms with Crippen LogP contribution in [0, 0.1) is 0 Å². The number of hydrogen-bond acceptors (Lipinski definition) is 13. The maximum atomic E-state index is 6.45. The van der Waals surface area contributed by atoms with Gasteiger partial charge in [0.15, 0.2) is 52.4 Å². The van der Waals surface area contributed by atoms with Gasteiger partial charge in [0.25, 0.3) is 0 Å². The van der Waals surface area contributed by atoms with E-state index in [4.69, 9.17) is 63.1 Å². The molecule has 0 saturated carbocycles. The van der Waals surface area contributed by atoms with Crippen molar-refractivity contribution >= 4 is 131 Å². The van der Waals surface area contributed by atoms with Crippen molar-refractivity contribution in [2.45, 2.75) is 0 Å². The van der Waals surface area contributed by atoms with Gasteiger partial charge in [0.05, 0.1) is 33.1 Å². The van der Waals surface area contributed by atoms with E-state index in [2.05, 4.69) is 281 Å². The van der Waals surface area contributed by atoms with Gasteiger partial charge in [-0.3, -0.25) is 4.57 Å². The Labute approximate surface area is 858 Å². The molecule has 0 aliphatic rings. The molecule has 30 rings (SSSR count). The van der Waals surface area contributed by atoms with Gasteiger partial charge < -0.3 is 22.4 Å². The van der Waals surface area contributed by atoms with Crippen LogP contribution in [0.5, 0.6) is 0 Å². The van der Waals surface area contributed by atoms with E-state index in [-0.39, 0.29) is 0 Å². The topological polar surface area (TPSA) is 183 Å². The third-order valence-corrected chi connectivity index (χ3v) is 28.2. The summed E-state index contributed by atoms with van der Waals surface area (Å²) in [6.07, 6.45) is 1.85. The van der Waals surface area contributed by atoms with Gasteiger partial charge in [-0.15, -0.1) is 0 Å². The van der Waals surface area contributed by atoms with Crippen LogP contribution in [0.15, 0.2) is 517 Å². The fourth-order valence-electron chi connectivity index (χ4n) is 21.1. The van der Waals surface area contributed by atoms with Crippen LogP contribution in [0.4, 0.5) is 0 Å². The first-order valence-corrected chi connectivity index (χ1v) is 50.0. The maximum absolute atomic E-state index is 6.45. The number of hydrogen-bond donors (Lipinski definition) is 0. The summed E-state index contributed by atoms with van der Waals surface area (Å²) in [5.41, 5.74) is 28.9. The lowest BCUT2D eigenvalue weighted by molar-refractivity contribution is 0.669. The third kappa shape index (κ3) is 15.7. The molecule has 0 unspecified atom stereocenters. The summed E-state index contributed by atoms with van der Waals surface area (Å²) >= 11 is 0. The van der Waals surface area contributed by atoms with Crippen LogP contribution in [0.25, 0.3) is 284 Å². The summed E-state index contributed by atoms with van der Waals surface area (Å²) < 4.78 is 26.2. The molecule has 16 nitrogen and oxygen atoms in total. The minimum absolute atomic E-state index is 0.570. The Morgan fingerprint density at radius 2 is 0.393 bits per heavy atom. The van der Waals surface area contributed by atoms with Crippen LogP contribution >= 0.6 is 0 Å². The molecule has 20 aromatic carbocycles. The van der Waals surface area contributed by atoms with Crippen molar-refractivity contribution in [3.05, 3.63) is 504 Å². The monoisotopic (exact) mass is 1920 g/mol. The van der Waals surface area contributed by atoms with Gasteiger partial charge in [-0.1, -0.05) is 394 Å². The second kappa shape index (κ2) is 37.0. The Bertz CT molecular complexity index is 9900. The van der Waals surface area contributed by atoms with Crippen LogP contribution in [0.1, 0.15) is 0 Å². The minimum atomic E-state index is 0.570. The molecular formula is C134H83N13O3. The largest absolute Gasteiger partial charge is 0.455 e. The zero-order chi connectivity index (χ0) is 99.1. The van der Waals surface area contributed by atoms with Crippen molar-refractivity contribution in [2.24, 2.45) is 0 Å². The summed E-state index contributed by atoms with van der Waals surface area (Å²) in [6.45, 7) is 0. The van der Waals surface area contributed by atoms with Crippen molar-refractivity contribution < 1.29 is 13.3 Å². The molecule has 0 aliphatic heterocycles. The number of nitrogens with zero attached hydrogens (tertiary/aromatic N) is 13. The highest BCUT2D eigenvalue weighted by molar-refractivity contribution is 6.17. The van der Waals surface area contributed by atoms with Crippen molar-refractivity contribution in [1.82, 2.24) is 63.5 Å². The number of aromatic nitrogens is 13. The van der Waals surface area contributed by atoms with E-state index < -0.39 is 0 Å². The van der Waals surface area contributed by atoms with Crippen molar-refractivity contribution in [3.63, 3.8) is 0 Å². The first kappa shape index (κ1) is 87.2. The molecule has 10 aromatic heterocycles. The van der Waals surface area contributed by atoms with E-state index in [1.165, 1.54) is 26.9 Å². The molecule has 0 radical (unpaired) electrons. The van der Waals surface area contributed by atoms with Crippen LogP contribution < -0.4 is 0 Å². The lowest BCUT2D eigenvalue weighted by atomic mass is 10.0. The van der Waals surface area contributed by atoms with Gasteiger partial charge in [-0.2, -0.15) is 0 Å². The second-order valence-electron chi connectivity index (χ2n) is 37.2. The minimum Gasteiger partial charge on any atom is -0.455 e. The lowest BCUT2D eigenvalue weighted by Gasteiger charge is -2.12. The average molecular weight is 1920 g/mol. The number of furan rings is 3. The Balaban J connectivity index is 0.000000108. The maximum Gasteiger partial charge on any atom is 0.165 e. The average Bonchev–Trinajstić information content (AvgIpc) is 1.59. The van der Waals surface area contributed by atoms with Crippen LogP contribution in [0.2, 0.25) is 0 Å². The molecule has 0 amide bonds. The zero-order valence-electron chi connectivity index (χ0n) is 80.5. The molecule has 0 aliphatic carbocycles. The fourth-order valence-corrected chi connectivity index (χ4v) is 21.1. The van der Waals surface area contributed by atoms with Gasteiger partial charge >= 0.3 is 0 Å². The van der Waals surface area contributed by atoms with Gasteiger partial charge in [-0.05, 0) is 120 Å². The van der Waals surface area contributed by atoms with E-state index >= 15 is 0 Å². The van der Waals surface area contributed by atoms with Gasteiger partial charge in [0.1, 0.15) is 39.3 Å². The number of benzene rings is 20. The molecule has 30 aromatic rings. The molecule has 150 heavy (non-hydrogen) atoms. The molecule has 16 heteroatoms. The summed E-state index contributed by atoms with van der Waals surface area (Å²) in [5, 5.41) is 13.8. The van der Waals surface area contributed by atoms with Crippen molar-refractivity contribution in [1.29, 1.82) is 0 Å². The molecular weight excluding hydrogens is 1840 g/mol. The molecule has 0 N–H and O–H groups in total. The van der Waals surface area contributed by atoms with E-state index in [9.17, 15) is 0 Å². The van der Waals surface area contributed by atoms with E-state index in [1.54, 1.807) is 0 Å². The Morgan fingerprint density at radius 3 is 0.733 bits per heavy atom. The number of rotatable bonds is 15. The Kier molecular flexibility index (Phi) is 21.5. The quantitative estimate of drug-likeness (QED) is 0.0946. The normalized spacial score (nSPS) is 11.6. The molecule has 0 bridgehead atoms. The summed E-state index contributed by atoms with van der Waals surface area (Å²) in [4.78, 5) is 49.3. The molecule has 0 atom stereocenters. The van der Waals surface area contributed by atoms with Crippen molar-refractivity contribution in [3.8, 4) is 153 Å². The van der Waals surface area contributed by atoms with Crippen LogP contribution in [-0.2, 0) is 0 Å². The number of para-hydroxylation sites is 9. The van der Waals surface area contributed by atoms with Crippen molar-refractivity contribution in [2.75, 3.05) is 0 Å². The Hall–Kier alpha value is -20.6. The van der Waals surface area contributed by atoms with Crippen LogP contribution in [0.3, 0.4) is 0 Å². The van der Waals surface area contributed by atoms with Gasteiger partial charge in [0, 0.05) is 149 Å². The first-order chi connectivity index (χ1) is 74.3. The predicted octanol–water partition coefficient (Wildman–Crippen LogP) is 34.0. The fraction of sp³-hybridized carbons (Fsp3) is 0. The van der Waals surface area contributed by atoms with E-state index in [0.29, 0.717) is 52.4 Å². The number of fused-ring (bicyclic) bond motifs is 18. The third-order valence-electron chi connectivity index (χ3n) is 28.2. The van der Waals surface area contributed by atoms with Gasteiger partial charge in [0.2, 0.25) is 0 Å². The number of pyridine rings is 1. The summed E-state index contributed by atoms with van der Waals surface area (Å²) in [5.74, 6) is 6.44.